The maximum absolute atomic E-state index is 12.0. The van der Waals surface area contributed by atoms with Crippen LogP contribution in [0.5, 0.6) is 0 Å². The van der Waals surface area contributed by atoms with Crippen LogP contribution in [0.3, 0.4) is 0 Å². The van der Waals surface area contributed by atoms with Crippen LogP contribution in [-0.4, -0.2) is 30.4 Å². The summed E-state index contributed by atoms with van der Waals surface area (Å²) in [4.78, 5) is 13.9. The number of nitrogens with one attached hydrogen (secondary N) is 1. The molecule has 1 aromatic rings. The number of nitrogens with zero attached hydrogens (tertiary/aromatic N) is 1. The van der Waals surface area contributed by atoms with Gasteiger partial charge in [0.05, 0.1) is 5.56 Å². The third-order valence-electron chi connectivity index (χ3n) is 2.64. The first-order valence-corrected chi connectivity index (χ1v) is 5.15. The number of likely N-dealkylation sites (N-methyl/N-ethyl adjacent to an activating group) is 1. The van der Waals surface area contributed by atoms with E-state index >= 15 is 0 Å². The first kappa shape index (κ1) is 9.83. The van der Waals surface area contributed by atoms with Gasteiger partial charge >= 0.3 is 0 Å². The van der Waals surface area contributed by atoms with Crippen LogP contribution in [0.15, 0.2) is 18.2 Å². The Morgan fingerprint density at radius 3 is 3.07 bits per heavy atom. The Bertz CT molecular complexity index is 389. The molecule has 1 amide bonds. The highest BCUT2D eigenvalue weighted by Crippen LogP contribution is 2.22. The van der Waals surface area contributed by atoms with Crippen molar-refractivity contribution in [1.82, 2.24) is 4.90 Å². The predicted octanol–water partition coefficient (Wildman–Crippen LogP) is 1.16. The van der Waals surface area contributed by atoms with Crippen molar-refractivity contribution < 1.29 is 4.79 Å². The third-order valence-corrected chi connectivity index (χ3v) is 2.64. The van der Waals surface area contributed by atoms with E-state index in [1.54, 1.807) is 12.1 Å². The van der Waals surface area contributed by atoms with Crippen LogP contribution in [0.2, 0.25) is 0 Å². The van der Waals surface area contributed by atoms with Gasteiger partial charge in [-0.2, -0.15) is 0 Å². The molecule has 0 fully saturated rings. The minimum Gasteiger partial charge on any atom is -0.399 e. The molecular formula is C11H15N3O. The van der Waals surface area contributed by atoms with Gasteiger partial charge in [-0.05, 0) is 25.1 Å². The molecule has 0 atom stereocenters. The van der Waals surface area contributed by atoms with E-state index in [-0.39, 0.29) is 5.91 Å². The largest absolute Gasteiger partial charge is 0.399 e. The number of nitrogen functional groups attached to an aromatic ring is 1. The Morgan fingerprint density at radius 1 is 1.53 bits per heavy atom. The number of rotatable bonds is 1. The zero-order valence-corrected chi connectivity index (χ0v) is 8.79. The molecule has 0 radical (unpaired) electrons. The fraction of sp³-hybridized carbons (Fsp3) is 0.364. The van der Waals surface area contributed by atoms with Gasteiger partial charge in [-0.15, -0.1) is 0 Å². The number of carbonyl (C=O) groups is 1. The number of hydrogen-bond donors (Lipinski definition) is 2. The van der Waals surface area contributed by atoms with Gasteiger partial charge in [-0.25, -0.2) is 0 Å². The van der Waals surface area contributed by atoms with Crippen molar-refractivity contribution >= 4 is 17.3 Å². The maximum atomic E-state index is 12.0. The molecule has 0 saturated carbocycles. The number of carbonyl (C=O) groups excluding carboxylic acids is 1. The van der Waals surface area contributed by atoms with Gasteiger partial charge in [0, 0.05) is 31.0 Å². The van der Waals surface area contributed by atoms with Crippen LogP contribution in [0.4, 0.5) is 11.4 Å². The summed E-state index contributed by atoms with van der Waals surface area (Å²) in [5, 5.41) is 3.22. The summed E-state index contributed by atoms with van der Waals surface area (Å²) < 4.78 is 0. The third kappa shape index (κ3) is 1.75. The van der Waals surface area contributed by atoms with Crippen molar-refractivity contribution in [2.24, 2.45) is 0 Å². The fourth-order valence-electron chi connectivity index (χ4n) is 1.79. The topological polar surface area (TPSA) is 58.4 Å². The van der Waals surface area contributed by atoms with Crippen LogP contribution in [-0.2, 0) is 0 Å². The van der Waals surface area contributed by atoms with Crippen molar-refractivity contribution in [2.75, 3.05) is 30.7 Å². The van der Waals surface area contributed by atoms with E-state index in [0.29, 0.717) is 11.3 Å². The molecule has 15 heavy (non-hydrogen) atoms. The van der Waals surface area contributed by atoms with Crippen molar-refractivity contribution in [3.8, 4) is 0 Å². The van der Waals surface area contributed by atoms with Gasteiger partial charge < -0.3 is 16.0 Å². The van der Waals surface area contributed by atoms with Crippen LogP contribution in [0, 0.1) is 0 Å². The smallest absolute Gasteiger partial charge is 0.256 e. The van der Waals surface area contributed by atoms with Crippen LogP contribution in [0.1, 0.15) is 17.3 Å². The second-order valence-electron chi connectivity index (χ2n) is 3.62. The summed E-state index contributed by atoms with van der Waals surface area (Å²) in [5.74, 6) is 0.0810. The van der Waals surface area contributed by atoms with E-state index in [1.807, 2.05) is 17.9 Å². The molecule has 0 aliphatic carbocycles. The lowest BCUT2D eigenvalue weighted by molar-refractivity contribution is 0.0776. The second-order valence-corrected chi connectivity index (χ2v) is 3.62. The summed E-state index contributed by atoms with van der Waals surface area (Å²) in [6.07, 6.45) is 0. The number of amides is 1. The number of fused-ring (bicyclic) bond motifs is 1. The summed E-state index contributed by atoms with van der Waals surface area (Å²) >= 11 is 0. The summed E-state index contributed by atoms with van der Waals surface area (Å²) in [6, 6.07) is 5.36. The standard InChI is InChI=1S/C11H15N3O/c1-2-14-6-5-13-10-7-8(12)3-4-9(10)11(14)15/h3-4,7,13H,2,5-6,12H2,1H3. The number of nitrogens with two attached hydrogens (primary N) is 1. The van der Waals surface area contributed by atoms with E-state index in [1.165, 1.54) is 0 Å². The molecule has 2 rings (SSSR count). The molecule has 3 N–H and O–H groups in total. The summed E-state index contributed by atoms with van der Waals surface area (Å²) in [7, 11) is 0. The number of benzene rings is 1. The van der Waals surface area contributed by atoms with Gasteiger partial charge in [0.15, 0.2) is 0 Å². The first-order valence-electron chi connectivity index (χ1n) is 5.15. The van der Waals surface area contributed by atoms with Gasteiger partial charge in [-0.3, -0.25) is 4.79 Å². The highest BCUT2D eigenvalue weighted by Gasteiger charge is 2.20. The highest BCUT2D eigenvalue weighted by atomic mass is 16.2. The molecule has 80 valence electrons. The molecule has 0 spiro atoms. The molecule has 0 unspecified atom stereocenters. The monoisotopic (exact) mass is 205 g/mol. The average Bonchev–Trinajstić information content (AvgIpc) is 2.37. The normalized spacial score (nSPS) is 15.5. The van der Waals surface area contributed by atoms with Crippen LogP contribution >= 0.6 is 0 Å². The second kappa shape index (κ2) is 3.81. The van der Waals surface area contributed by atoms with E-state index in [4.69, 9.17) is 5.73 Å². The lowest BCUT2D eigenvalue weighted by atomic mass is 10.1. The van der Waals surface area contributed by atoms with Gasteiger partial charge in [0.1, 0.15) is 0 Å². The molecule has 0 aromatic heterocycles. The lowest BCUT2D eigenvalue weighted by Crippen LogP contribution is -2.32. The minimum absolute atomic E-state index is 0.0810. The van der Waals surface area contributed by atoms with Gasteiger partial charge in [0.2, 0.25) is 0 Å². The van der Waals surface area contributed by atoms with Gasteiger partial charge in [-0.1, -0.05) is 0 Å². The molecule has 1 aliphatic rings. The Morgan fingerprint density at radius 2 is 2.33 bits per heavy atom. The molecule has 4 heteroatoms. The minimum atomic E-state index is 0.0810. The Hall–Kier alpha value is -1.71. The maximum Gasteiger partial charge on any atom is 0.256 e. The summed E-state index contributed by atoms with van der Waals surface area (Å²) in [6.45, 7) is 4.24. The molecule has 0 bridgehead atoms. The highest BCUT2D eigenvalue weighted by molar-refractivity contribution is 6.00. The molecule has 1 aromatic carbocycles. The number of anilines is 2. The molecule has 1 heterocycles. The molecule has 1 aliphatic heterocycles. The first-order chi connectivity index (χ1) is 7.22. The van der Waals surface area contributed by atoms with E-state index in [2.05, 4.69) is 5.32 Å². The quantitative estimate of drug-likeness (QED) is 0.676. The van der Waals surface area contributed by atoms with Crippen LogP contribution < -0.4 is 11.1 Å². The Labute approximate surface area is 89.1 Å². The lowest BCUT2D eigenvalue weighted by Gasteiger charge is -2.17. The number of hydrogen-bond acceptors (Lipinski definition) is 3. The van der Waals surface area contributed by atoms with Gasteiger partial charge in [0.25, 0.3) is 5.91 Å². The zero-order valence-electron chi connectivity index (χ0n) is 8.79. The Kier molecular flexibility index (Phi) is 2.49. The fourth-order valence-corrected chi connectivity index (χ4v) is 1.79. The SMILES string of the molecule is CCN1CCNc2cc(N)ccc2C1=O. The van der Waals surface area contributed by atoms with E-state index in [0.717, 1.165) is 25.3 Å². The zero-order chi connectivity index (χ0) is 10.8. The molecule has 4 nitrogen and oxygen atoms in total. The van der Waals surface area contributed by atoms with E-state index in [9.17, 15) is 4.79 Å². The Balaban J connectivity index is 2.42. The van der Waals surface area contributed by atoms with Crippen molar-refractivity contribution in [3.63, 3.8) is 0 Å². The van der Waals surface area contributed by atoms with Crippen molar-refractivity contribution in [3.05, 3.63) is 23.8 Å². The average molecular weight is 205 g/mol. The molecule has 0 saturated heterocycles. The predicted molar refractivity (Wildman–Crippen MR) is 60.9 cm³/mol. The summed E-state index contributed by atoms with van der Waals surface area (Å²) in [5.41, 5.74) is 7.92. The van der Waals surface area contributed by atoms with Crippen molar-refractivity contribution in [1.29, 1.82) is 0 Å². The van der Waals surface area contributed by atoms with Crippen LogP contribution in [0.25, 0.3) is 0 Å². The van der Waals surface area contributed by atoms with Crippen molar-refractivity contribution in [2.45, 2.75) is 6.92 Å². The van der Waals surface area contributed by atoms with E-state index < -0.39 is 0 Å². The molecular weight excluding hydrogens is 190 g/mol.